The highest BCUT2D eigenvalue weighted by molar-refractivity contribution is 5.36. The molecule has 1 aromatic rings. The highest BCUT2D eigenvalue weighted by Crippen LogP contribution is 2.13. The molecule has 0 fully saturated rings. The fraction of sp³-hybridized carbons (Fsp3) is 0.667. The van der Waals surface area contributed by atoms with Crippen molar-refractivity contribution in [1.82, 2.24) is 9.97 Å². The van der Waals surface area contributed by atoms with Gasteiger partial charge >= 0.3 is 0 Å². The first-order valence-electron chi connectivity index (χ1n) is 5.91. The predicted molar refractivity (Wildman–Crippen MR) is 67.3 cm³/mol. The number of aryl methyl sites for hydroxylation is 1. The number of aromatic nitrogens is 2. The summed E-state index contributed by atoms with van der Waals surface area (Å²) in [5, 5.41) is 11.7. The lowest BCUT2D eigenvalue weighted by molar-refractivity contribution is 0.0992. The van der Waals surface area contributed by atoms with Gasteiger partial charge in [-0.3, -0.25) is 0 Å². The molecule has 0 radical (unpaired) electrons. The summed E-state index contributed by atoms with van der Waals surface area (Å²) >= 11 is 0. The molecule has 0 amide bonds. The lowest BCUT2D eigenvalue weighted by Gasteiger charge is -2.10. The number of hydrogen-bond donors (Lipinski definition) is 2. The number of aliphatic hydroxyl groups is 1. The van der Waals surface area contributed by atoms with Crippen molar-refractivity contribution in [3.05, 3.63) is 17.6 Å². The van der Waals surface area contributed by atoms with Gasteiger partial charge in [0.25, 0.3) is 0 Å². The summed E-state index contributed by atoms with van der Waals surface area (Å²) in [4.78, 5) is 8.80. The second kappa shape index (κ2) is 7.19. The van der Waals surface area contributed by atoms with Crippen molar-refractivity contribution in [1.29, 1.82) is 0 Å². The van der Waals surface area contributed by atoms with E-state index in [1.165, 1.54) is 0 Å². The average molecular weight is 239 g/mol. The maximum absolute atomic E-state index is 8.55. The van der Waals surface area contributed by atoms with Crippen LogP contribution in [-0.2, 0) is 4.74 Å². The number of anilines is 1. The third kappa shape index (κ3) is 5.10. The van der Waals surface area contributed by atoms with Gasteiger partial charge in [0.2, 0.25) is 0 Å². The topological polar surface area (TPSA) is 67.3 Å². The summed E-state index contributed by atoms with van der Waals surface area (Å²) in [7, 11) is 0. The van der Waals surface area contributed by atoms with Crippen LogP contribution in [0, 0.1) is 6.92 Å². The summed E-state index contributed by atoms with van der Waals surface area (Å²) in [5.74, 6) is 2.00. The number of nitrogens with zero attached hydrogens (tertiary/aromatic N) is 2. The molecule has 1 heterocycles. The molecule has 1 rings (SSSR count). The van der Waals surface area contributed by atoms with Gasteiger partial charge in [0.15, 0.2) is 0 Å². The molecule has 1 aromatic heterocycles. The minimum atomic E-state index is 0.0596. The Bertz CT molecular complexity index is 343. The van der Waals surface area contributed by atoms with E-state index in [4.69, 9.17) is 9.84 Å². The summed E-state index contributed by atoms with van der Waals surface area (Å²) in [6, 6.07) is 1.91. The molecule has 0 atom stereocenters. The third-order valence-electron chi connectivity index (χ3n) is 2.18. The molecule has 0 aliphatic rings. The first kappa shape index (κ1) is 13.9. The first-order chi connectivity index (χ1) is 8.13. The molecule has 2 N–H and O–H groups in total. The molecule has 0 aromatic carbocycles. The lowest BCUT2D eigenvalue weighted by atomic mass is 10.2. The number of hydrogen-bond acceptors (Lipinski definition) is 5. The normalized spacial score (nSPS) is 10.9. The molecule has 0 saturated carbocycles. The molecule has 0 bridgehead atoms. The zero-order chi connectivity index (χ0) is 12.7. The fourth-order valence-corrected chi connectivity index (χ4v) is 1.36. The highest BCUT2D eigenvalue weighted by atomic mass is 16.5. The SMILES string of the molecule is Cc1cc(NCCOCCO)nc(C(C)C)n1. The van der Waals surface area contributed by atoms with E-state index in [2.05, 4.69) is 29.1 Å². The van der Waals surface area contributed by atoms with E-state index < -0.39 is 0 Å². The van der Waals surface area contributed by atoms with Gasteiger partial charge in [-0.05, 0) is 6.92 Å². The van der Waals surface area contributed by atoms with E-state index in [9.17, 15) is 0 Å². The predicted octanol–water partition coefficient (Wildman–Crippen LogP) is 1.33. The molecule has 17 heavy (non-hydrogen) atoms. The maximum Gasteiger partial charge on any atom is 0.133 e. The van der Waals surface area contributed by atoms with Crippen LogP contribution in [0.4, 0.5) is 5.82 Å². The van der Waals surface area contributed by atoms with Crippen molar-refractivity contribution >= 4 is 5.82 Å². The van der Waals surface area contributed by atoms with Gasteiger partial charge in [0, 0.05) is 24.2 Å². The van der Waals surface area contributed by atoms with Crippen molar-refractivity contribution in [2.24, 2.45) is 0 Å². The van der Waals surface area contributed by atoms with E-state index in [-0.39, 0.29) is 6.61 Å². The van der Waals surface area contributed by atoms with Crippen LogP contribution in [0.2, 0.25) is 0 Å². The largest absolute Gasteiger partial charge is 0.394 e. The zero-order valence-corrected chi connectivity index (χ0v) is 10.7. The summed E-state index contributed by atoms with van der Waals surface area (Å²) in [5.41, 5.74) is 0.961. The Morgan fingerprint density at radius 2 is 2.12 bits per heavy atom. The molecular weight excluding hydrogens is 218 g/mol. The standard InChI is InChI=1S/C12H21N3O2/c1-9(2)12-14-10(3)8-11(15-12)13-4-6-17-7-5-16/h8-9,16H,4-7H2,1-3H3,(H,13,14,15). The van der Waals surface area contributed by atoms with Crippen molar-refractivity contribution in [2.75, 3.05) is 31.7 Å². The van der Waals surface area contributed by atoms with Gasteiger partial charge in [0.05, 0.1) is 19.8 Å². The van der Waals surface area contributed by atoms with Gasteiger partial charge in [-0.2, -0.15) is 0 Å². The van der Waals surface area contributed by atoms with Gasteiger partial charge in [-0.25, -0.2) is 9.97 Å². The number of rotatable bonds is 7. The average Bonchev–Trinajstić information content (AvgIpc) is 2.28. The number of nitrogens with one attached hydrogen (secondary N) is 1. The quantitative estimate of drug-likeness (QED) is 0.703. The zero-order valence-electron chi connectivity index (χ0n) is 10.7. The lowest BCUT2D eigenvalue weighted by Crippen LogP contribution is -2.13. The van der Waals surface area contributed by atoms with Crippen molar-refractivity contribution in [3.63, 3.8) is 0 Å². The minimum absolute atomic E-state index is 0.0596. The molecule has 0 aliphatic heterocycles. The van der Waals surface area contributed by atoms with Crippen molar-refractivity contribution in [2.45, 2.75) is 26.7 Å². The Balaban J connectivity index is 2.47. The maximum atomic E-state index is 8.55. The Morgan fingerprint density at radius 3 is 2.76 bits per heavy atom. The van der Waals surface area contributed by atoms with E-state index in [0.717, 1.165) is 17.3 Å². The van der Waals surface area contributed by atoms with E-state index in [0.29, 0.717) is 25.7 Å². The summed E-state index contributed by atoms with van der Waals surface area (Å²) < 4.78 is 5.16. The van der Waals surface area contributed by atoms with Crippen LogP contribution in [-0.4, -0.2) is 41.4 Å². The molecule has 0 unspecified atom stereocenters. The number of aliphatic hydroxyl groups excluding tert-OH is 1. The van der Waals surface area contributed by atoms with Gasteiger partial charge in [-0.1, -0.05) is 13.8 Å². The van der Waals surface area contributed by atoms with Crippen LogP contribution in [0.3, 0.4) is 0 Å². The monoisotopic (exact) mass is 239 g/mol. The van der Waals surface area contributed by atoms with Gasteiger partial charge < -0.3 is 15.2 Å². The Labute approximate surface area is 102 Å². The second-order valence-electron chi connectivity index (χ2n) is 4.17. The Kier molecular flexibility index (Phi) is 5.86. The molecule has 5 heteroatoms. The van der Waals surface area contributed by atoms with Crippen molar-refractivity contribution in [3.8, 4) is 0 Å². The molecule has 96 valence electrons. The molecule has 5 nitrogen and oxygen atoms in total. The Hall–Kier alpha value is -1.20. The van der Waals surface area contributed by atoms with Crippen LogP contribution in [0.25, 0.3) is 0 Å². The number of ether oxygens (including phenoxy) is 1. The minimum Gasteiger partial charge on any atom is -0.394 e. The molecule has 0 spiro atoms. The van der Waals surface area contributed by atoms with E-state index >= 15 is 0 Å². The van der Waals surface area contributed by atoms with Crippen LogP contribution in [0.15, 0.2) is 6.07 Å². The molecular formula is C12H21N3O2. The van der Waals surface area contributed by atoms with Gasteiger partial charge in [0.1, 0.15) is 11.6 Å². The van der Waals surface area contributed by atoms with Crippen LogP contribution >= 0.6 is 0 Å². The van der Waals surface area contributed by atoms with Crippen LogP contribution in [0.5, 0.6) is 0 Å². The summed E-state index contributed by atoms with van der Waals surface area (Å²) in [6.45, 7) is 7.77. The smallest absolute Gasteiger partial charge is 0.133 e. The second-order valence-corrected chi connectivity index (χ2v) is 4.17. The molecule has 0 aliphatic carbocycles. The summed E-state index contributed by atoms with van der Waals surface area (Å²) in [6.07, 6.45) is 0. The molecule has 0 saturated heterocycles. The van der Waals surface area contributed by atoms with E-state index in [1.807, 2.05) is 13.0 Å². The first-order valence-corrected chi connectivity index (χ1v) is 5.91. The van der Waals surface area contributed by atoms with Gasteiger partial charge in [-0.15, -0.1) is 0 Å². The third-order valence-corrected chi connectivity index (χ3v) is 2.18. The van der Waals surface area contributed by atoms with Crippen molar-refractivity contribution < 1.29 is 9.84 Å². The van der Waals surface area contributed by atoms with E-state index in [1.54, 1.807) is 0 Å². The fourth-order valence-electron chi connectivity index (χ4n) is 1.36. The Morgan fingerprint density at radius 1 is 1.35 bits per heavy atom. The van der Waals surface area contributed by atoms with Crippen LogP contribution in [0.1, 0.15) is 31.3 Å². The van der Waals surface area contributed by atoms with Crippen LogP contribution < -0.4 is 5.32 Å². The highest BCUT2D eigenvalue weighted by Gasteiger charge is 2.05.